The van der Waals surface area contributed by atoms with E-state index in [2.05, 4.69) is 52.1 Å². The molecule has 0 spiro atoms. The van der Waals surface area contributed by atoms with Crippen LogP contribution in [0.25, 0.3) is 0 Å². The Balaban J connectivity index is 1.85. The molecule has 2 rings (SSSR count). The Morgan fingerprint density at radius 2 is 1.34 bits per heavy atom. The normalized spacial score (nSPS) is 21.6. The van der Waals surface area contributed by atoms with Gasteiger partial charge in [-0.2, -0.15) is 8.42 Å². The quantitative estimate of drug-likeness (QED) is 0.0273. The third kappa shape index (κ3) is 18.4. The summed E-state index contributed by atoms with van der Waals surface area (Å²) >= 11 is 6.25. The summed E-state index contributed by atoms with van der Waals surface area (Å²) in [6.07, 6.45) is 8.18. The van der Waals surface area contributed by atoms with Crippen molar-refractivity contribution in [2.45, 2.75) is 146 Å². The summed E-state index contributed by atoms with van der Waals surface area (Å²) in [5.74, 6) is -2.23. The lowest BCUT2D eigenvalue weighted by Crippen LogP contribution is -2.60. The van der Waals surface area contributed by atoms with Crippen molar-refractivity contribution in [3.05, 3.63) is 28.4 Å². The molecule has 1 saturated heterocycles. The minimum absolute atomic E-state index is 0.138. The Morgan fingerprint density at radius 3 is 1.88 bits per heavy atom. The fourth-order valence-electron chi connectivity index (χ4n) is 5.55. The average molecular weight is 1070 g/mol. The van der Waals surface area contributed by atoms with Crippen molar-refractivity contribution in [3.63, 3.8) is 0 Å². The minimum atomic E-state index is -4.61. The van der Waals surface area contributed by atoms with E-state index in [4.69, 9.17) is 18.9 Å². The first kappa shape index (κ1) is 46.2. The number of hydrogen-bond acceptors (Lipinski definition) is 11. The van der Waals surface area contributed by atoms with Crippen LogP contribution in [0.3, 0.4) is 0 Å². The number of carbonyl (C=O) groups is 2. The smallest absolute Gasteiger partial charge is 0.339 e. The Labute approximate surface area is 337 Å². The summed E-state index contributed by atoms with van der Waals surface area (Å²) in [6.45, 7) is 1.38. The lowest BCUT2D eigenvalue weighted by molar-refractivity contribution is -0.297. The summed E-state index contributed by atoms with van der Waals surface area (Å²) < 4.78 is 56.3. The number of rotatable bonds is 25. The van der Waals surface area contributed by atoms with Gasteiger partial charge in [0.15, 0.2) is 12.4 Å². The van der Waals surface area contributed by atoms with Gasteiger partial charge in [0.2, 0.25) is 0 Å². The summed E-state index contributed by atoms with van der Waals surface area (Å²) in [5, 5.41) is 30.8. The average Bonchev–Trinajstić information content (AvgIpc) is 3.05. The highest BCUT2D eigenvalue weighted by atomic mass is 127. The van der Waals surface area contributed by atoms with Gasteiger partial charge in [0.05, 0.1) is 12.2 Å². The number of aliphatic hydroxyl groups is 3. The molecule has 0 radical (unpaired) electrons. The topological polar surface area (TPSA) is 186 Å². The van der Waals surface area contributed by atoms with Crippen molar-refractivity contribution in [3.8, 4) is 0 Å². The first-order valence-electron chi connectivity index (χ1n) is 17.5. The Morgan fingerprint density at radius 1 is 0.800 bits per heavy atom. The van der Waals surface area contributed by atoms with Crippen molar-refractivity contribution in [2.75, 3.05) is 19.0 Å². The fourth-order valence-corrected chi connectivity index (χ4v) is 8.62. The van der Waals surface area contributed by atoms with Gasteiger partial charge < -0.3 is 34.3 Å². The first-order chi connectivity index (χ1) is 23.7. The van der Waals surface area contributed by atoms with Crippen LogP contribution in [-0.2, 0) is 33.9 Å². The van der Waals surface area contributed by atoms with Crippen LogP contribution >= 0.6 is 67.8 Å². The molecule has 0 bridgehead atoms. The third-order valence-corrected chi connectivity index (χ3v) is 12.8. The molecule has 1 aromatic carbocycles. The Kier molecular flexibility index (Phi) is 23.3. The summed E-state index contributed by atoms with van der Waals surface area (Å²) in [7, 11) is -4.61. The van der Waals surface area contributed by atoms with E-state index in [9.17, 15) is 37.9 Å². The predicted molar refractivity (Wildman–Crippen MR) is 213 cm³/mol. The fraction of sp³-hybridized carbons (Fsp3) is 0.765. The monoisotopic (exact) mass is 1070 g/mol. The number of carbonyl (C=O) groups excluding carboxylic acids is 2. The van der Waals surface area contributed by atoms with Gasteiger partial charge in [0.1, 0.15) is 36.8 Å². The van der Waals surface area contributed by atoms with Crippen LogP contribution in [0, 0.1) is 10.7 Å². The van der Waals surface area contributed by atoms with Crippen LogP contribution < -0.4 is 0 Å². The molecule has 4 N–H and O–H groups in total. The molecular weight excluding hydrogens is 1010 g/mol. The second-order valence-electron chi connectivity index (χ2n) is 12.8. The minimum Gasteiger partial charge on any atom is -0.458 e. The highest BCUT2D eigenvalue weighted by Crippen LogP contribution is 2.25. The number of esters is 2. The van der Waals surface area contributed by atoms with Crippen molar-refractivity contribution in [1.82, 2.24) is 0 Å². The van der Waals surface area contributed by atoms with Crippen molar-refractivity contribution in [2.24, 2.45) is 0 Å². The first-order valence-corrected chi connectivity index (χ1v) is 22.4. The molecule has 12 nitrogen and oxygen atoms in total. The van der Waals surface area contributed by atoms with E-state index in [1.54, 1.807) is 6.07 Å². The van der Waals surface area contributed by atoms with Crippen LogP contribution in [0.4, 0.5) is 0 Å². The van der Waals surface area contributed by atoms with Gasteiger partial charge in [0.25, 0.3) is 10.1 Å². The van der Waals surface area contributed by atoms with E-state index in [0.717, 1.165) is 26.4 Å². The van der Waals surface area contributed by atoms with Gasteiger partial charge >= 0.3 is 11.9 Å². The van der Waals surface area contributed by atoms with Crippen LogP contribution in [0.1, 0.15) is 120 Å². The summed E-state index contributed by atoms with van der Waals surface area (Å²) in [6, 6.07) is 3.58. The van der Waals surface area contributed by atoms with Crippen molar-refractivity contribution >= 4 is 89.8 Å². The van der Waals surface area contributed by atoms with Gasteiger partial charge in [-0.1, -0.05) is 96.8 Å². The van der Waals surface area contributed by atoms with E-state index >= 15 is 0 Å². The lowest BCUT2D eigenvalue weighted by Gasteiger charge is -2.40. The molecule has 6 atom stereocenters. The number of unbranched alkanes of at least 4 members (excludes halogenated alkanes) is 14. The van der Waals surface area contributed by atoms with Gasteiger partial charge in [0, 0.05) is 17.1 Å². The van der Waals surface area contributed by atoms with E-state index in [-0.39, 0.29) is 6.42 Å². The molecule has 1 fully saturated rings. The van der Waals surface area contributed by atoms with Crippen LogP contribution in [0.15, 0.2) is 12.1 Å². The summed E-state index contributed by atoms with van der Waals surface area (Å²) in [4.78, 5) is 25.8. The Hall–Kier alpha value is 0.0600. The van der Waals surface area contributed by atoms with Gasteiger partial charge in [-0.05, 0) is 86.3 Å². The zero-order valence-corrected chi connectivity index (χ0v) is 35.9. The largest absolute Gasteiger partial charge is 0.458 e. The molecule has 1 aliphatic rings. The molecule has 1 aromatic rings. The molecule has 16 heteroatoms. The van der Waals surface area contributed by atoms with Gasteiger partial charge in [-0.3, -0.25) is 9.35 Å². The molecular formula is C34H53I3O12S. The molecule has 0 saturated carbocycles. The zero-order chi connectivity index (χ0) is 37.1. The van der Waals surface area contributed by atoms with Gasteiger partial charge in [-0.15, -0.1) is 0 Å². The van der Waals surface area contributed by atoms with Crippen LogP contribution in [-0.4, -0.2) is 96.0 Å². The maximum atomic E-state index is 13.0. The SMILES string of the molecule is CCCCCCCCCCCCCCCCCC(=O)OC(COC(=O)c1cc(I)cc(I)c1I)CO[C@H]1O[C@H](CS(=O)(=O)O)[C@@H](O)[C@H](O)[C@H]1O. The molecule has 1 aliphatic heterocycles. The predicted octanol–water partition coefficient (Wildman–Crippen LogP) is 6.54. The molecule has 1 heterocycles. The second-order valence-corrected chi connectivity index (χ2v) is 17.7. The standard InChI is InChI=1S/C34H53I3O12S/c1-2-3-4-5-6-7-8-9-10-11-12-13-14-15-16-17-28(38)48-24(20-46-33(42)25-18-23(35)19-26(36)29(25)37)21-47-34-32(41)31(40)30(39)27(49-34)22-50(43,44)45/h18-19,24,27,30-32,34,39-41H,2-17,20-22H2,1H3,(H,43,44,45)/t24?,27-,30-,31+,32-,34+/m1/s1. The number of halogens is 3. The molecule has 1 unspecified atom stereocenters. The number of benzene rings is 1. The number of aliphatic hydroxyl groups excluding tert-OH is 3. The van der Waals surface area contributed by atoms with E-state index in [1.807, 2.05) is 28.7 Å². The molecule has 288 valence electrons. The number of ether oxygens (including phenoxy) is 4. The zero-order valence-electron chi connectivity index (χ0n) is 28.7. The van der Waals surface area contributed by atoms with Crippen LogP contribution in [0.2, 0.25) is 0 Å². The molecule has 0 aromatic heterocycles. The van der Waals surface area contributed by atoms with E-state index in [1.165, 1.54) is 70.6 Å². The third-order valence-electron chi connectivity index (χ3n) is 8.39. The summed E-state index contributed by atoms with van der Waals surface area (Å²) in [5.41, 5.74) is 0.335. The molecule has 50 heavy (non-hydrogen) atoms. The Bertz CT molecular complexity index is 1270. The van der Waals surface area contributed by atoms with E-state index < -0.39 is 77.8 Å². The maximum absolute atomic E-state index is 13.0. The second kappa shape index (κ2) is 25.2. The van der Waals surface area contributed by atoms with Gasteiger partial charge in [-0.25, -0.2) is 4.79 Å². The molecule has 0 amide bonds. The van der Waals surface area contributed by atoms with Crippen LogP contribution in [0.5, 0.6) is 0 Å². The van der Waals surface area contributed by atoms with Crippen molar-refractivity contribution < 1.29 is 56.8 Å². The molecule has 0 aliphatic carbocycles. The highest BCUT2D eigenvalue weighted by Gasteiger charge is 2.46. The highest BCUT2D eigenvalue weighted by molar-refractivity contribution is 14.1. The van der Waals surface area contributed by atoms with E-state index in [0.29, 0.717) is 15.6 Å². The number of hydrogen-bond donors (Lipinski definition) is 4. The lowest BCUT2D eigenvalue weighted by atomic mass is 10.00. The maximum Gasteiger partial charge on any atom is 0.339 e. The van der Waals surface area contributed by atoms with Crippen molar-refractivity contribution in [1.29, 1.82) is 0 Å².